The van der Waals surface area contributed by atoms with Crippen LogP contribution in [0.3, 0.4) is 0 Å². The Bertz CT molecular complexity index is 593. The number of anilines is 1. The van der Waals surface area contributed by atoms with E-state index in [1.54, 1.807) is 6.07 Å². The summed E-state index contributed by atoms with van der Waals surface area (Å²) < 4.78 is 52.2. The third-order valence-electron chi connectivity index (χ3n) is 2.46. The lowest BCUT2D eigenvalue weighted by atomic mass is 10.2. The van der Waals surface area contributed by atoms with Crippen molar-refractivity contribution in [1.82, 2.24) is 0 Å². The molecule has 1 nitrogen and oxygen atoms in total. The van der Waals surface area contributed by atoms with Gasteiger partial charge in [0.2, 0.25) is 0 Å². The van der Waals surface area contributed by atoms with Crippen LogP contribution in [-0.2, 0) is 6.54 Å². The summed E-state index contributed by atoms with van der Waals surface area (Å²) >= 11 is 3.02. The fourth-order valence-electron chi connectivity index (χ4n) is 1.51. The maximum Gasteiger partial charge on any atom is 0.194 e. The molecule has 6 heteroatoms. The van der Waals surface area contributed by atoms with Crippen molar-refractivity contribution in [3.8, 4) is 0 Å². The van der Waals surface area contributed by atoms with Gasteiger partial charge < -0.3 is 5.32 Å². The molecular weight excluding hydrogens is 326 g/mol. The first-order valence-electron chi connectivity index (χ1n) is 5.29. The van der Waals surface area contributed by atoms with Gasteiger partial charge in [0.1, 0.15) is 5.82 Å². The molecule has 0 aliphatic carbocycles. The minimum Gasteiger partial charge on any atom is -0.381 e. The standard InChI is InChI=1S/C13H8BrF4N/c14-9-2-1-7(3-10(9)15)6-19-8-4-11(16)13(18)12(17)5-8/h1-5,19H,6H2. The summed E-state index contributed by atoms with van der Waals surface area (Å²) in [4.78, 5) is 0. The first-order valence-corrected chi connectivity index (χ1v) is 6.09. The lowest BCUT2D eigenvalue weighted by Gasteiger charge is -2.08. The van der Waals surface area contributed by atoms with Gasteiger partial charge in [-0.25, -0.2) is 17.6 Å². The summed E-state index contributed by atoms with van der Waals surface area (Å²) in [5, 5.41) is 2.69. The second-order valence-electron chi connectivity index (χ2n) is 3.86. The van der Waals surface area contributed by atoms with Crippen LogP contribution in [0.5, 0.6) is 0 Å². The molecule has 0 radical (unpaired) electrons. The van der Waals surface area contributed by atoms with Gasteiger partial charge in [-0.2, -0.15) is 0 Å². The van der Waals surface area contributed by atoms with Gasteiger partial charge in [0.15, 0.2) is 17.5 Å². The van der Waals surface area contributed by atoms with Crippen molar-refractivity contribution in [3.63, 3.8) is 0 Å². The third-order valence-corrected chi connectivity index (χ3v) is 3.11. The third kappa shape index (κ3) is 3.26. The number of rotatable bonds is 3. The fraction of sp³-hybridized carbons (Fsp3) is 0.0769. The van der Waals surface area contributed by atoms with Crippen LogP contribution in [0.2, 0.25) is 0 Å². The van der Waals surface area contributed by atoms with Crippen LogP contribution in [-0.4, -0.2) is 0 Å². The average Bonchev–Trinajstić information content (AvgIpc) is 2.37. The minimum atomic E-state index is -1.51. The highest BCUT2D eigenvalue weighted by molar-refractivity contribution is 9.10. The van der Waals surface area contributed by atoms with Gasteiger partial charge in [0.25, 0.3) is 0 Å². The number of nitrogens with one attached hydrogen (secondary N) is 1. The van der Waals surface area contributed by atoms with E-state index in [4.69, 9.17) is 0 Å². The summed E-state index contributed by atoms with van der Waals surface area (Å²) in [5.74, 6) is -4.50. The van der Waals surface area contributed by atoms with Crippen LogP contribution >= 0.6 is 15.9 Å². The topological polar surface area (TPSA) is 12.0 Å². The maximum absolute atomic E-state index is 13.2. The Morgan fingerprint density at radius 3 is 2.11 bits per heavy atom. The summed E-state index contributed by atoms with van der Waals surface area (Å²) in [7, 11) is 0. The van der Waals surface area contributed by atoms with E-state index >= 15 is 0 Å². The second kappa shape index (κ2) is 5.61. The lowest BCUT2D eigenvalue weighted by molar-refractivity contribution is 0.447. The largest absolute Gasteiger partial charge is 0.381 e. The zero-order valence-corrected chi connectivity index (χ0v) is 11.1. The Morgan fingerprint density at radius 2 is 1.53 bits per heavy atom. The van der Waals surface area contributed by atoms with Crippen molar-refractivity contribution < 1.29 is 17.6 Å². The fourth-order valence-corrected chi connectivity index (χ4v) is 1.76. The van der Waals surface area contributed by atoms with Crippen LogP contribution in [0.1, 0.15) is 5.56 Å². The van der Waals surface area contributed by atoms with Crippen LogP contribution in [0.4, 0.5) is 23.2 Å². The van der Waals surface area contributed by atoms with Crippen molar-refractivity contribution in [2.45, 2.75) is 6.54 Å². The van der Waals surface area contributed by atoms with Crippen LogP contribution in [0, 0.1) is 23.3 Å². The minimum absolute atomic E-state index is 0.0831. The molecule has 0 atom stereocenters. The molecule has 0 aromatic heterocycles. The number of benzene rings is 2. The molecule has 0 saturated heterocycles. The van der Waals surface area contributed by atoms with E-state index in [0.717, 1.165) is 12.1 Å². The molecule has 0 fully saturated rings. The molecule has 0 aliphatic heterocycles. The van der Waals surface area contributed by atoms with Gasteiger partial charge >= 0.3 is 0 Å². The molecule has 0 amide bonds. The van der Waals surface area contributed by atoms with Crippen LogP contribution in [0.15, 0.2) is 34.8 Å². The predicted octanol–water partition coefficient (Wildman–Crippen LogP) is 4.62. The van der Waals surface area contributed by atoms with E-state index in [0.29, 0.717) is 10.0 Å². The van der Waals surface area contributed by atoms with E-state index in [9.17, 15) is 17.6 Å². The molecule has 2 rings (SSSR count). The van der Waals surface area contributed by atoms with Gasteiger partial charge in [-0.15, -0.1) is 0 Å². The van der Waals surface area contributed by atoms with E-state index in [1.807, 2.05) is 0 Å². The average molecular weight is 334 g/mol. The zero-order chi connectivity index (χ0) is 14.0. The lowest BCUT2D eigenvalue weighted by Crippen LogP contribution is -2.02. The van der Waals surface area contributed by atoms with Crippen molar-refractivity contribution >= 4 is 21.6 Å². The molecule has 0 aliphatic rings. The Kier molecular flexibility index (Phi) is 4.09. The van der Waals surface area contributed by atoms with Gasteiger partial charge in [-0.05, 0) is 33.6 Å². The SMILES string of the molecule is Fc1cc(CNc2cc(F)c(F)c(F)c2)ccc1Br. The van der Waals surface area contributed by atoms with Crippen molar-refractivity contribution in [3.05, 3.63) is 63.6 Å². The molecule has 100 valence electrons. The number of hydrogen-bond acceptors (Lipinski definition) is 1. The van der Waals surface area contributed by atoms with Gasteiger partial charge in [-0.1, -0.05) is 6.07 Å². The smallest absolute Gasteiger partial charge is 0.194 e. The molecule has 2 aromatic carbocycles. The first-order chi connectivity index (χ1) is 8.97. The Morgan fingerprint density at radius 1 is 0.895 bits per heavy atom. The molecule has 19 heavy (non-hydrogen) atoms. The van der Waals surface area contributed by atoms with E-state index in [-0.39, 0.29) is 12.2 Å². The quantitative estimate of drug-likeness (QED) is 0.638. The molecule has 0 saturated carbocycles. The maximum atomic E-state index is 13.2. The Labute approximate surface area is 115 Å². The normalized spacial score (nSPS) is 10.6. The molecular formula is C13H8BrF4N. The summed E-state index contributed by atoms with van der Waals surface area (Å²) in [6.45, 7) is 0.161. The second-order valence-corrected chi connectivity index (χ2v) is 4.71. The van der Waals surface area contributed by atoms with Crippen LogP contribution in [0.25, 0.3) is 0 Å². The van der Waals surface area contributed by atoms with Crippen molar-refractivity contribution in [2.24, 2.45) is 0 Å². The molecule has 0 unspecified atom stereocenters. The monoisotopic (exact) mass is 333 g/mol. The van der Waals surface area contributed by atoms with Crippen molar-refractivity contribution in [1.29, 1.82) is 0 Å². The van der Waals surface area contributed by atoms with Gasteiger partial charge in [-0.3, -0.25) is 0 Å². The highest BCUT2D eigenvalue weighted by Gasteiger charge is 2.10. The van der Waals surface area contributed by atoms with E-state index < -0.39 is 23.3 Å². The van der Waals surface area contributed by atoms with Gasteiger partial charge in [0.05, 0.1) is 4.47 Å². The number of hydrogen-bond donors (Lipinski definition) is 1. The molecule has 1 N–H and O–H groups in total. The van der Waals surface area contributed by atoms with Crippen LogP contribution < -0.4 is 5.32 Å². The van der Waals surface area contributed by atoms with Crippen molar-refractivity contribution in [2.75, 3.05) is 5.32 Å². The predicted molar refractivity (Wildman–Crippen MR) is 67.7 cm³/mol. The highest BCUT2D eigenvalue weighted by Crippen LogP contribution is 2.20. The summed E-state index contributed by atoms with van der Waals surface area (Å²) in [6, 6.07) is 6.14. The molecule has 2 aromatic rings. The summed E-state index contributed by atoms with van der Waals surface area (Å²) in [5.41, 5.74) is 0.672. The first kappa shape index (κ1) is 13.9. The molecule has 0 spiro atoms. The molecule has 0 bridgehead atoms. The van der Waals surface area contributed by atoms with E-state index in [2.05, 4.69) is 21.2 Å². The summed E-state index contributed by atoms with van der Waals surface area (Å²) in [6.07, 6.45) is 0. The van der Waals surface area contributed by atoms with Gasteiger partial charge in [0, 0.05) is 24.4 Å². The zero-order valence-electron chi connectivity index (χ0n) is 9.48. The Hall–Kier alpha value is -1.56. The highest BCUT2D eigenvalue weighted by atomic mass is 79.9. The Balaban J connectivity index is 2.12. The van der Waals surface area contributed by atoms with E-state index in [1.165, 1.54) is 12.1 Å². The molecule has 0 heterocycles. The number of halogens is 5.